The van der Waals surface area contributed by atoms with Gasteiger partial charge >= 0.3 is 0 Å². The van der Waals surface area contributed by atoms with E-state index in [1.54, 1.807) is 13.1 Å². The largest absolute Gasteiger partial charge is 0.369 e. The van der Waals surface area contributed by atoms with Crippen LogP contribution in [-0.4, -0.2) is 55.4 Å². The van der Waals surface area contributed by atoms with Crippen LogP contribution in [-0.2, 0) is 9.59 Å². The number of amides is 2. The predicted octanol–water partition coefficient (Wildman–Crippen LogP) is 4.66. The molecule has 2 amide bonds. The number of carbonyl (C=O) groups is 2. The van der Waals surface area contributed by atoms with Crippen LogP contribution in [0.25, 0.3) is 11.2 Å². The van der Waals surface area contributed by atoms with Gasteiger partial charge in [0, 0.05) is 43.0 Å². The van der Waals surface area contributed by atoms with Crippen molar-refractivity contribution in [3.05, 3.63) is 34.2 Å². The molecule has 1 aliphatic carbocycles. The first-order chi connectivity index (χ1) is 18.2. The van der Waals surface area contributed by atoms with Crippen molar-refractivity contribution in [2.75, 3.05) is 23.7 Å². The average Bonchev–Trinajstić information content (AvgIpc) is 3.23. The highest BCUT2D eigenvalue weighted by Crippen LogP contribution is 2.38. The van der Waals surface area contributed by atoms with Gasteiger partial charge in [0.15, 0.2) is 5.65 Å². The molecule has 4 N–H and O–H groups in total. The molecule has 0 spiro atoms. The molecule has 0 bridgehead atoms. The SMILES string of the molecule is CC(=O)N1CCCC(Nc2ncc3nc(Nc4c(F)cc(Cl)cc4Cl)n(C4CCC(C(N)=O)CC4)c3n2)C1. The van der Waals surface area contributed by atoms with E-state index in [2.05, 4.69) is 20.6 Å². The molecule has 1 saturated heterocycles. The van der Waals surface area contributed by atoms with Gasteiger partial charge in [-0.2, -0.15) is 4.98 Å². The average molecular weight is 563 g/mol. The molecule has 5 rings (SSSR count). The predicted molar refractivity (Wildman–Crippen MR) is 144 cm³/mol. The molecule has 202 valence electrons. The highest BCUT2D eigenvalue weighted by atomic mass is 35.5. The summed E-state index contributed by atoms with van der Waals surface area (Å²) in [5.74, 6) is -0.267. The first kappa shape index (κ1) is 26.4. The second kappa shape index (κ2) is 10.9. The summed E-state index contributed by atoms with van der Waals surface area (Å²) >= 11 is 12.2. The second-order valence-electron chi connectivity index (χ2n) is 9.93. The lowest BCUT2D eigenvalue weighted by Crippen LogP contribution is -2.44. The number of piperidine rings is 1. The zero-order valence-electron chi connectivity index (χ0n) is 20.9. The van der Waals surface area contributed by atoms with E-state index in [0.717, 1.165) is 19.4 Å². The summed E-state index contributed by atoms with van der Waals surface area (Å²) in [4.78, 5) is 39.3. The first-order valence-electron chi connectivity index (χ1n) is 12.7. The Morgan fingerprint density at radius 1 is 1.13 bits per heavy atom. The van der Waals surface area contributed by atoms with Crippen molar-refractivity contribution in [3.63, 3.8) is 0 Å². The summed E-state index contributed by atoms with van der Waals surface area (Å²) in [7, 11) is 0. The topological polar surface area (TPSA) is 131 Å². The highest BCUT2D eigenvalue weighted by molar-refractivity contribution is 6.36. The van der Waals surface area contributed by atoms with Crippen LogP contribution in [0.2, 0.25) is 10.0 Å². The maximum Gasteiger partial charge on any atom is 0.225 e. The van der Waals surface area contributed by atoms with E-state index < -0.39 is 5.82 Å². The maximum absolute atomic E-state index is 14.8. The lowest BCUT2D eigenvalue weighted by molar-refractivity contribution is -0.129. The summed E-state index contributed by atoms with van der Waals surface area (Å²) < 4.78 is 16.7. The van der Waals surface area contributed by atoms with Gasteiger partial charge in [-0.3, -0.25) is 14.2 Å². The number of imidazole rings is 1. The zero-order valence-corrected chi connectivity index (χ0v) is 22.4. The van der Waals surface area contributed by atoms with Gasteiger partial charge in [0.25, 0.3) is 0 Å². The number of nitrogens with two attached hydrogens (primary N) is 1. The molecule has 2 aromatic heterocycles. The Hall–Kier alpha value is -3.18. The molecule has 3 heterocycles. The molecule has 1 aliphatic heterocycles. The molecule has 2 aliphatic rings. The number of carbonyl (C=O) groups excluding carboxylic acids is 2. The highest BCUT2D eigenvalue weighted by Gasteiger charge is 2.30. The van der Waals surface area contributed by atoms with Gasteiger partial charge in [-0.05, 0) is 50.7 Å². The Balaban J connectivity index is 1.50. The fourth-order valence-corrected chi connectivity index (χ4v) is 5.87. The molecule has 1 saturated carbocycles. The lowest BCUT2D eigenvalue weighted by Gasteiger charge is -2.32. The number of rotatable bonds is 6. The molecular formula is C25H29Cl2FN8O2. The van der Waals surface area contributed by atoms with E-state index in [-0.39, 0.29) is 45.5 Å². The van der Waals surface area contributed by atoms with Crippen LogP contribution < -0.4 is 16.4 Å². The minimum atomic E-state index is -0.612. The Kier molecular flexibility index (Phi) is 7.58. The van der Waals surface area contributed by atoms with Crippen LogP contribution in [0.5, 0.6) is 0 Å². The van der Waals surface area contributed by atoms with Crippen LogP contribution in [0.1, 0.15) is 51.5 Å². The van der Waals surface area contributed by atoms with Crippen LogP contribution in [0.4, 0.5) is 22.0 Å². The van der Waals surface area contributed by atoms with Crippen molar-refractivity contribution in [1.29, 1.82) is 0 Å². The van der Waals surface area contributed by atoms with Crippen molar-refractivity contribution in [2.45, 2.75) is 57.5 Å². The maximum atomic E-state index is 14.8. The first-order valence-corrected chi connectivity index (χ1v) is 13.4. The van der Waals surface area contributed by atoms with Crippen LogP contribution in [0.3, 0.4) is 0 Å². The van der Waals surface area contributed by atoms with Crippen molar-refractivity contribution in [1.82, 2.24) is 24.4 Å². The van der Waals surface area contributed by atoms with E-state index >= 15 is 0 Å². The number of primary amides is 1. The van der Waals surface area contributed by atoms with Gasteiger partial charge in [-0.1, -0.05) is 23.2 Å². The van der Waals surface area contributed by atoms with Gasteiger partial charge in [0.2, 0.25) is 23.7 Å². The van der Waals surface area contributed by atoms with Gasteiger partial charge < -0.3 is 21.3 Å². The summed E-state index contributed by atoms with van der Waals surface area (Å²) in [6.45, 7) is 2.89. The summed E-state index contributed by atoms with van der Waals surface area (Å²) in [6, 6.07) is 2.59. The number of benzene rings is 1. The van der Waals surface area contributed by atoms with Gasteiger partial charge in [-0.15, -0.1) is 0 Å². The Morgan fingerprint density at radius 2 is 1.89 bits per heavy atom. The minimum Gasteiger partial charge on any atom is -0.369 e. The third-order valence-electron chi connectivity index (χ3n) is 7.34. The Bertz CT molecular complexity index is 1350. The number of nitrogens with one attached hydrogen (secondary N) is 2. The molecule has 0 radical (unpaired) electrons. The standard InChI is InChI=1S/C25H29Cl2FN8O2/c1-13(37)35-8-2-3-16(12-35)31-24-30-11-20-23(34-24)36(17-6-4-14(5-7-17)22(29)38)25(32-20)33-21-18(27)9-15(26)10-19(21)28/h9-11,14,16-17H,2-8,12H2,1H3,(H2,29,38)(H,32,33)(H,30,31,34). The summed E-state index contributed by atoms with van der Waals surface area (Å²) in [6.07, 6.45) is 6.02. The van der Waals surface area contributed by atoms with Gasteiger partial charge in [-0.25, -0.2) is 14.4 Å². The van der Waals surface area contributed by atoms with Crippen LogP contribution >= 0.6 is 23.2 Å². The molecule has 1 unspecified atom stereocenters. The molecular weight excluding hydrogens is 534 g/mol. The normalized spacial score (nSPS) is 21.9. The molecule has 10 nitrogen and oxygen atoms in total. The van der Waals surface area contributed by atoms with E-state index in [9.17, 15) is 14.0 Å². The fraction of sp³-hybridized carbons (Fsp3) is 0.480. The minimum absolute atomic E-state index is 0.0204. The number of anilines is 3. The van der Waals surface area contributed by atoms with Crippen LogP contribution in [0.15, 0.2) is 18.3 Å². The van der Waals surface area contributed by atoms with Crippen LogP contribution in [0, 0.1) is 11.7 Å². The number of hydrogen-bond acceptors (Lipinski definition) is 7. The van der Waals surface area contributed by atoms with Crippen molar-refractivity contribution < 1.29 is 14.0 Å². The number of likely N-dealkylation sites (tertiary alicyclic amines) is 1. The molecule has 38 heavy (non-hydrogen) atoms. The van der Waals surface area contributed by atoms with Gasteiger partial charge in [0.05, 0.1) is 16.9 Å². The van der Waals surface area contributed by atoms with E-state index in [1.807, 2.05) is 9.47 Å². The molecule has 2 fully saturated rings. The smallest absolute Gasteiger partial charge is 0.225 e. The number of aromatic nitrogens is 4. The summed E-state index contributed by atoms with van der Waals surface area (Å²) in [5, 5.41) is 6.70. The number of halogens is 3. The Labute approximate surface area is 229 Å². The lowest BCUT2D eigenvalue weighted by atomic mass is 9.85. The van der Waals surface area contributed by atoms with E-state index in [1.165, 1.54) is 12.1 Å². The number of fused-ring (bicyclic) bond motifs is 1. The van der Waals surface area contributed by atoms with E-state index in [4.69, 9.17) is 33.9 Å². The second-order valence-corrected chi connectivity index (χ2v) is 10.8. The quantitative estimate of drug-likeness (QED) is 0.398. The van der Waals surface area contributed by atoms with E-state index in [0.29, 0.717) is 55.3 Å². The third kappa shape index (κ3) is 5.49. The molecule has 3 aromatic rings. The Morgan fingerprint density at radius 3 is 2.58 bits per heavy atom. The van der Waals surface area contributed by atoms with Gasteiger partial charge in [0.1, 0.15) is 11.3 Å². The molecule has 13 heteroatoms. The molecule has 1 aromatic carbocycles. The number of nitrogens with zero attached hydrogens (tertiary/aromatic N) is 5. The monoisotopic (exact) mass is 562 g/mol. The zero-order chi connectivity index (χ0) is 27.0. The van der Waals surface area contributed by atoms with Crippen molar-refractivity contribution in [3.8, 4) is 0 Å². The fourth-order valence-electron chi connectivity index (χ4n) is 5.35. The van der Waals surface area contributed by atoms with Crippen molar-refractivity contribution >= 4 is 63.8 Å². The molecule has 1 atom stereocenters. The third-order valence-corrected chi connectivity index (χ3v) is 7.86. The summed E-state index contributed by atoms with van der Waals surface area (Å²) in [5.41, 5.74) is 6.69. The number of hydrogen-bond donors (Lipinski definition) is 3. The van der Waals surface area contributed by atoms with Crippen molar-refractivity contribution in [2.24, 2.45) is 11.7 Å².